The molecule has 1 aliphatic rings. The fraction of sp³-hybridized carbons (Fsp3) is 0.308. The van der Waals surface area contributed by atoms with Gasteiger partial charge in [-0.25, -0.2) is 4.39 Å². The van der Waals surface area contributed by atoms with Crippen molar-refractivity contribution in [3.05, 3.63) is 101 Å². The maximum atomic E-state index is 14.3. The molecule has 0 aliphatic carbocycles. The van der Waals surface area contributed by atoms with Gasteiger partial charge in [-0.15, -0.1) is 24.8 Å². The van der Waals surface area contributed by atoms with Crippen LogP contribution in [-0.4, -0.2) is 28.9 Å². The minimum absolute atomic E-state index is 0. The predicted molar refractivity (Wildman–Crippen MR) is 135 cm³/mol. The van der Waals surface area contributed by atoms with Crippen molar-refractivity contribution < 1.29 is 9.18 Å². The highest BCUT2D eigenvalue weighted by Gasteiger charge is 2.27. The first-order valence-corrected chi connectivity index (χ1v) is 10.8. The van der Waals surface area contributed by atoms with Crippen molar-refractivity contribution in [2.75, 3.05) is 13.1 Å². The third kappa shape index (κ3) is 6.11. The molecule has 2 aromatic carbocycles. The summed E-state index contributed by atoms with van der Waals surface area (Å²) in [5.74, 6) is 0.0705. The number of halogens is 3. The van der Waals surface area contributed by atoms with Crippen molar-refractivity contribution in [2.24, 2.45) is 5.73 Å². The summed E-state index contributed by atoms with van der Waals surface area (Å²) in [5, 5.41) is 0. The van der Waals surface area contributed by atoms with E-state index in [2.05, 4.69) is 24.0 Å². The Bertz CT molecular complexity index is 1060. The van der Waals surface area contributed by atoms with E-state index in [9.17, 15) is 9.18 Å². The highest BCUT2D eigenvalue weighted by atomic mass is 35.5. The molecule has 4 rings (SSSR count). The van der Waals surface area contributed by atoms with E-state index in [0.29, 0.717) is 25.2 Å². The van der Waals surface area contributed by atoms with E-state index < -0.39 is 0 Å². The average Bonchev–Trinajstić information content (AvgIpc) is 2.84. The van der Waals surface area contributed by atoms with Crippen LogP contribution in [0.5, 0.6) is 0 Å². The van der Waals surface area contributed by atoms with Crippen LogP contribution < -0.4 is 5.73 Å². The molecule has 1 saturated heterocycles. The van der Waals surface area contributed by atoms with Crippen LogP contribution in [0.15, 0.2) is 67.0 Å². The number of piperidine rings is 1. The van der Waals surface area contributed by atoms with Gasteiger partial charge in [-0.3, -0.25) is 9.78 Å². The van der Waals surface area contributed by atoms with Crippen molar-refractivity contribution in [1.29, 1.82) is 0 Å². The Morgan fingerprint density at radius 2 is 1.76 bits per heavy atom. The van der Waals surface area contributed by atoms with Crippen LogP contribution in [0.4, 0.5) is 4.39 Å². The summed E-state index contributed by atoms with van der Waals surface area (Å²) in [6, 6.07) is 17.3. The summed E-state index contributed by atoms with van der Waals surface area (Å²) in [7, 11) is 0. The lowest BCUT2D eigenvalue weighted by atomic mass is 9.88. The Kier molecular flexibility index (Phi) is 9.84. The van der Waals surface area contributed by atoms with Gasteiger partial charge >= 0.3 is 0 Å². The van der Waals surface area contributed by atoms with Crippen molar-refractivity contribution >= 4 is 30.7 Å². The highest BCUT2D eigenvalue weighted by Crippen LogP contribution is 2.31. The van der Waals surface area contributed by atoms with Gasteiger partial charge in [-0.1, -0.05) is 49.4 Å². The molecule has 33 heavy (non-hydrogen) atoms. The number of pyridine rings is 1. The smallest absolute Gasteiger partial charge is 0.255 e. The monoisotopic (exact) mass is 489 g/mol. The second-order valence-corrected chi connectivity index (χ2v) is 8.27. The van der Waals surface area contributed by atoms with Gasteiger partial charge in [0.25, 0.3) is 5.91 Å². The van der Waals surface area contributed by atoms with Gasteiger partial charge < -0.3 is 10.6 Å². The lowest BCUT2D eigenvalue weighted by Gasteiger charge is -2.32. The standard InChI is InChI=1S/C26H28FN3O.2ClH/c1-18(20-5-3-2-4-6-20)22-14-23(17-29-16-22)26(31)30-11-9-21(10-12-30)24-13-19(15-28)7-8-25(24)27;;/h2-8,13-14,16-18,21H,9-12,15,28H2,1H3;2*1H. The van der Waals surface area contributed by atoms with E-state index in [1.54, 1.807) is 12.3 Å². The Balaban J connectivity index is 0.00000193. The normalized spacial score (nSPS) is 14.7. The van der Waals surface area contributed by atoms with Crippen molar-refractivity contribution in [1.82, 2.24) is 9.88 Å². The number of hydrogen-bond donors (Lipinski definition) is 1. The van der Waals surface area contributed by atoms with Crippen LogP contribution in [0.3, 0.4) is 0 Å². The van der Waals surface area contributed by atoms with E-state index in [4.69, 9.17) is 5.73 Å². The average molecular weight is 490 g/mol. The van der Waals surface area contributed by atoms with Gasteiger partial charge in [-0.2, -0.15) is 0 Å². The van der Waals surface area contributed by atoms with Crippen LogP contribution in [0.2, 0.25) is 0 Å². The number of nitrogens with zero attached hydrogens (tertiary/aromatic N) is 2. The zero-order chi connectivity index (χ0) is 21.8. The molecule has 3 aromatic rings. The van der Waals surface area contributed by atoms with E-state index >= 15 is 0 Å². The Labute approximate surface area is 207 Å². The Morgan fingerprint density at radius 1 is 1.06 bits per heavy atom. The number of benzene rings is 2. The van der Waals surface area contributed by atoms with Crippen molar-refractivity contribution in [3.8, 4) is 0 Å². The maximum absolute atomic E-state index is 14.3. The summed E-state index contributed by atoms with van der Waals surface area (Å²) < 4.78 is 14.3. The van der Waals surface area contributed by atoms with Crippen molar-refractivity contribution in [2.45, 2.75) is 38.1 Å². The van der Waals surface area contributed by atoms with Crippen LogP contribution in [0.25, 0.3) is 0 Å². The van der Waals surface area contributed by atoms with E-state index in [1.807, 2.05) is 41.4 Å². The second kappa shape index (κ2) is 12.1. The number of aromatic nitrogens is 1. The molecule has 4 nitrogen and oxygen atoms in total. The van der Waals surface area contributed by atoms with Crippen LogP contribution in [0, 0.1) is 5.82 Å². The first-order chi connectivity index (χ1) is 15.1. The zero-order valence-corrected chi connectivity index (χ0v) is 20.2. The van der Waals surface area contributed by atoms with Crippen molar-refractivity contribution in [3.63, 3.8) is 0 Å². The molecule has 176 valence electrons. The van der Waals surface area contributed by atoms with Crippen LogP contribution in [0.1, 0.15) is 64.2 Å². The zero-order valence-electron chi connectivity index (χ0n) is 18.6. The summed E-state index contributed by atoms with van der Waals surface area (Å²) in [6.07, 6.45) is 4.95. The predicted octanol–water partition coefficient (Wildman–Crippen LogP) is 5.69. The minimum atomic E-state index is -0.186. The SMILES string of the molecule is CC(c1ccccc1)c1cncc(C(=O)N2CCC(c3cc(CN)ccc3F)CC2)c1.Cl.Cl. The number of rotatable bonds is 5. The second-order valence-electron chi connectivity index (χ2n) is 8.27. The summed E-state index contributed by atoms with van der Waals surface area (Å²) in [6.45, 7) is 3.73. The highest BCUT2D eigenvalue weighted by molar-refractivity contribution is 5.94. The number of likely N-dealkylation sites (tertiary alicyclic amines) is 1. The Morgan fingerprint density at radius 3 is 2.42 bits per heavy atom. The van der Waals surface area contributed by atoms with Gasteiger partial charge in [0, 0.05) is 37.9 Å². The van der Waals surface area contributed by atoms with Crippen LogP contribution in [-0.2, 0) is 6.54 Å². The molecule has 0 saturated carbocycles. The summed E-state index contributed by atoms with van der Waals surface area (Å²) >= 11 is 0. The molecule has 1 aliphatic heterocycles. The molecule has 2 N–H and O–H groups in total. The molecule has 0 spiro atoms. The lowest BCUT2D eigenvalue weighted by molar-refractivity contribution is 0.0712. The molecule has 1 aromatic heterocycles. The van der Waals surface area contributed by atoms with E-state index in [0.717, 1.165) is 29.5 Å². The fourth-order valence-corrected chi connectivity index (χ4v) is 4.35. The molecule has 7 heteroatoms. The molecule has 1 fully saturated rings. The summed E-state index contributed by atoms with van der Waals surface area (Å²) in [4.78, 5) is 19.3. The number of nitrogens with two attached hydrogens (primary N) is 1. The molecule has 1 atom stereocenters. The number of carbonyl (C=O) groups excluding carboxylic acids is 1. The molecule has 1 unspecified atom stereocenters. The first-order valence-electron chi connectivity index (χ1n) is 10.8. The lowest BCUT2D eigenvalue weighted by Crippen LogP contribution is -2.38. The van der Waals surface area contributed by atoms with E-state index in [-0.39, 0.29) is 48.4 Å². The third-order valence-electron chi connectivity index (χ3n) is 6.32. The molecule has 1 amide bonds. The largest absolute Gasteiger partial charge is 0.339 e. The Hall–Kier alpha value is -2.47. The van der Waals surface area contributed by atoms with Gasteiger partial charge in [-0.05, 0) is 53.1 Å². The molecule has 0 bridgehead atoms. The quantitative estimate of drug-likeness (QED) is 0.500. The molecular weight excluding hydrogens is 460 g/mol. The number of hydrogen-bond acceptors (Lipinski definition) is 3. The van der Waals surface area contributed by atoms with Gasteiger partial charge in [0.2, 0.25) is 0 Å². The van der Waals surface area contributed by atoms with E-state index in [1.165, 1.54) is 11.6 Å². The first kappa shape index (κ1) is 26.8. The number of amides is 1. The van der Waals surface area contributed by atoms with Gasteiger partial charge in [0.05, 0.1) is 5.56 Å². The van der Waals surface area contributed by atoms with Gasteiger partial charge in [0.1, 0.15) is 5.82 Å². The minimum Gasteiger partial charge on any atom is -0.339 e. The molecule has 2 heterocycles. The summed E-state index contributed by atoms with van der Waals surface area (Å²) in [5.41, 5.74) is 10.2. The van der Waals surface area contributed by atoms with Gasteiger partial charge in [0.15, 0.2) is 0 Å². The maximum Gasteiger partial charge on any atom is 0.255 e. The molecule has 0 radical (unpaired) electrons. The molecular formula is C26H30Cl2FN3O. The van der Waals surface area contributed by atoms with Crippen LogP contribution >= 0.6 is 24.8 Å². The fourth-order valence-electron chi connectivity index (χ4n) is 4.35. The third-order valence-corrected chi connectivity index (χ3v) is 6.32. The topological polar surface area (TPSA) is 59.2 Å². The number of carbonyl (C=O) groups is 1.